The van der Waals surface area contributed by atoms with Crippen LogP contribution in [0.4, 0.5) is 5.69 Å². The SMILES string of the molecule is Cc1ccc(C(=O)O[C@H](C)C(=O)c2ccc(NS(C)(=O)=O)cc2)s1. The van der Waals surface area contributed by atoms with Crippen LogP contribution in [-0.4, -0.2) is 32.5 Å². The molecule has 0 bridgehead atoms. The number of hydrogen-bond acceptors (Lipinski definition) is 6. The Kier molecular flexibility index (Phi) is 5.40. The first-order valence-corrected chi connectivity index (χ1v) is 9.76. The Labute approximate surface area is 144 Å². The van der Waals surface area contributed by atoms with Crippen LogP contribution in [0.5, 0.6) is 0 Å². The van der Waals surface area contributed by atoms with E-state index in [0.717, 1.165) is 11.1 Å². The number of aryl methyl sites for hydroxylation is 1. The molecule has 1 heterocycles. The fourth-order valence-electron chi connectivity index (χ4n) is 1.97. The number of thiophene rings is 1. The number of ketones is 1. The predicted octanol–water partition coefficient (Wildman–Crippen LogP) is 2.86. The van der Waals surface area contributed by atoms with Crippen LogP contribution in [0, 0.1) is 6.92 Å². The highest BCUT2D eigenvalue weighted by molar-refractivity contribution is 7.92. The molecule has 24 heavy (non-hydrogen) atoms. The number of Topliss-reactive ketones (excluding diaryl/α,β-unsaturated/α-hetero) is 1. The van der Waals surface area contributed by atoms with Crippen molar-refractivity contribution in [2.24, 2.45) is 0 Å². The van der Waals surface area contributed by atoms with Crippen molar-refractivity contribution in [1.29, 1.82) is 0 Å². The third kappa shape index (κ3) is 4.90. The number of ether oxygens (including phenoxy) is 1. The zero-order chi connectivity index (χ0) is 17.9. The van der Waals surface area contributed by atoms with Crippen molar-refractivity contribution in [3.8, 4) is 0 Å². The number of hydrogen-bond donors (Lipinski definition) is 1. The van der Waals surface area contributed by atoms with Gasteiger partial charge in [-0.3, -0.25) is 9.52 Å². The summed E-state index contributed by atoms with van der Waals surface area (Å²) < 4.78 is 29.8. The molecule has 8 heteroatoms. The molecule has 0 aliphatic rings. The Hall–Kier alpha value is -2.19. The topological polar surface area (TPSA) is 89.5 Å². The number of esters is 1. The van der Waals surface area contributed by atoms with Gasteiger partial charge in [-0.05, 0) is 50.2 Å². The van der Waals surface area contributed by atoms with E-state index in [-0.39, 0.29) is 5.78 Å². The molecule has 0 unspecified atom stereocenters. The summed E-state index contributed by atoms with van der Waals surface area (Å²) in [7, 11) is -3.37. The number of carbonyl (C=O) groups is 2. The Bertz CT molecular complexity index is 853. The summed E-state index contributed by atoms with van der Waals surface area (Å²) in [6, 6.07) is 9.38. The van der Waals surface area contributed by atoms with Crippen LogP contribution in [0.15, 0.2) is 36.4 Å². The molecule has 128 valence electrons. The van der Waals surface area contributed by atoms with Crippen molar-refractivity contribution in [2.75, 3.05) is 11.0 Å². The Balaban J connectivity index is 2.03. The van der Waals surface area contributed by atoms with E-state index in [9.17, 15) is 18.0 Å². The Morgan fingerprint density at radius 3 is 2.25 bits per heavy atom. The van der Waals surface area contributed by atoms with Crippen LogP contribution in [0.1, 0.15) is 31.8 Å². The first kappa shape index (κ1) is 18.2. The van der Waals surface area contributed by atoms with Crippen LogP contribution in [-0.2, 0) is 14.8 Å². The second-order valence-electron chi connectivity index (χ2n) is 5.27. The minimum Gasteiger partial charge on any atom is -0.450 e. The molecular formula is C16H17NO5S2. The molecule has 1 N–H and O–H groups in total. The largest absolute Gasteiger partial charge is 0.450 e. The second kappa shape index (κ2) is 7.14. The maximum absolute atomic E-state index is 12.3. The van der Waals surface area contributed by atoms with Gasteiger partial charge in [-0.1, -0.05) is 0 Å². The van der Waals surface area contributed by atoms with Crippen LogP contribution < -0.4 is 4.72 Å². The highest BCUT2D eigenvalue weighted by Gasteiger charge is 2.21. The third-order valence-electron chi connectivity index (χ3n) is 3.07. The molecule has 1 atom stereocenters. The van der Waals surface area contributed by atoms with Gasteiger partial charge in [0.15, 0.2) is 6.10 Å². The standard InChI is InChI=1S/C16H17NO5S2/c1-10-4-9-14(23-10)16(19)22-11(2)15(18)12-5-7-13(8-6-12)17-24(3,20)21/h4-9,11,17H,1-3H3/t11-/m1/s1. The van der Waals surface area contributed by atoms with Gasteiger partial charge in [-0.15, -0.1) is 11.3 Å². The number of nitrogens with one attached hydrogen (secondary N) is 1. The smallest absolute Gasteiger partial charge is 0.349 e. The minimum absolute atomic E-state index is 0.330. The van der Waals surface area contributed by atoms with Gasteiger partial charge in [-0.25, -0.2) is 13.2 Å². The lowest BCUT2D eigenvalue weighted by atomic mass is 10.1. The van der Waals surface area contributed by atoms with E-state index in [1.54, 1.807) is 12.1 Å². The molecule has 2 rings (SSSR count). The lowest BCUT2D eigenvalue weighted by Crippen LogP contribution is -2.24. The molecule has 1 aromatic heterocycles. The maximum atomic E-state index is 12.3. The lowest BCUT2D eigenvalue weighted by Gasteiger charge is -2.12. The van der Waals surface area contributed by atoms with E-state index < -0.39 is 22.1 Å². The maximum Gasteiger partial charge on any atom is 0.349 e. The molecule has 2 aromatic rings. The van der Waals surface area contributed by atoms with Gasteiger partial charge < -0.3 is 4.74 Å². The molecule has 0 fully saturated rings. The van der Waals surface area contributed by atoms with Crippen molar-refractivity contribution < 1.29 is 22.7 Å². The predicted molar refractivity (Wildman–Crippen MR) is 93.2 cm³/mol. The molecule has 6 nitrogen and oxygen atoms in total. The van der Waals surface area contributed by atoms with Crippen molar-refractivity contribution in [3.63, 3.8) is 0 Å². The van der Waals surface area contributed by atoms with Gasteiger partial charge in [-0.2, -0.15) is 0 Å². The molecule has 1 aromatic carbocycles. The fourth-order valence-corrected chi connectivity index (χ4v) is 3.28. The van der Waals surface area contributed by atoms with Crippen LogP contribution in [0.3, 0.4) is 0 Å². The van der Waals surface area contributed by atoms with Crippen molar-refractivity contribution >= 4 is 38.8 Å². The quantitative estimate of drug-likeness (QED) is 0.626. The Morgan fingerprint density at radius 2 is 1.75 bits per heavy atom. The number of rotatable bonds is 6. The lowest BCUT2D eigenvalue weighted by molar-refractivity contribution is 0.0323. The zero-order valence-corrected chi connectivity index (χ0v) is 15.0. The number of anilines is 1. The minimum atomic E-state index is -3.37. The number of sulfonamides is 1. The third-order valence-corrected chi connectivity index (χ3v) is 4.65. The average molecular weight is 367 g/mol. The van der Waals surface area contributed by atoms with Crippen molar-refractivity contribution in [2.45, 2.75) is 20.0 Å². The first-order valence-electron chi connectivity index (χ1n) is 7.05. The summed E-state index contributed by atoms with van der Waals surface area (Å²) in [5, 5.41) is 0. The van der Waals surface area contributed by atoms with Crippen molar-refractivity contribution in [1.82, 2.24) is 0 Å². The van der Waals surface area contributed by atoms with Gasteiger partial charge in [0, 0.05) is 16.1 Å². The normalized spacial score (nSPS) is 12.5. The zero-order valence-electron chi connectivity index (χ0n) is 13.4. The van der Waals surface area contributed by atoms with Gasteiger partial charge in [0.25, 0.3) is 0 Å². The summed E-state index contributed by atoms with van der Waals surface area (Å²) >= 11 is 1.30. The van der Waals surface area contributed by atoms with E-state index in [0.29, 0.717) is 16.1 Å². The molecule has 0 aliphatic carbocycles. The highest BCUT2D eigenvalue weighted by atomic mass is 32.2. The van der Waals surface area contributed by atoms with E-state index in [1.165, 1.54) is 42.5 Å². The second-order valence-corrected chi connectivity index (χ2v) is 8.31. The van der Waals surface area contributed by atoms with E-state index in [1.807, 2.05) is 6.92 Å². The highest BCUT2D eigenvalue weighted by Crippen LogP contribution is 2.18. The van der Waals surface area contributed by atoms with E-state index in [4.69, 9.17) is 4.74 Å². The molecule has 0 saturated heterocycles. The molecule has 0 saturated carbocycles. The van der Waals surface area contributed by atoms with Gasteiger partial charge in [0.05, 0.1) is 6.26 Å². The van der Waals surface area contributed by atoms with E-state index in [2.05, 4.69) is 4.72 Å². The molecule has 0 radical (unpaired) electrons. The molecular weight excluding hydrogens is 350 g/mol. The fraction of sp³-hybridized carbons (Fsp3) is 0.250. The summed E-state index contributed by atoms with van der Waals surface area (Å²) in [5.74, 6) is -0.896. The van der Waals surface area contributed by atoms with Gasteiger partial charge in [0.1, 0.15) is 4.88 Å². The number of benzene rings is 1. The summed E-state index contributed by atoms with van der Waals surface area (Å²) in [4.78, 5) is 25.7. The number of carbonyl (C=O) groups excluding carboxylic acids is 2. The average Bonchev–Trinajstić information content (AvgIpc) is 2.92. The molecule has 0 spiro atoms. The molecule has 0 aliphatic heterocycles. The van der Waals surface area contributed by atoms with Crippen LogP contribution in [0.25, 0.3) is 0 Å². The Morgan fingerprint density at radius 1 is 1.12 bits per heavy atom. The summed E-state index contributed by atoms with van der Waals surface area (Å²) in [5.41, 5.74) is 0.685. The monoisotopic (exact) mass is 367 g/mol. The summed E-state index contributed by atoms with van der Waals surface area (Å²) in [6.07, 6.45) is 0.105. The molecule has 0 amide bonds. The van der Waals surface area contributed by atoms with Crippen molar-refractivity contribution in [3.05, 3.63) is 51.7 Å². The summed E-state index contributed by atoms with van der Waals surface area (Å²) in [6.45, 7) is 3.38. The first-order chi connectivity index (χ1) is 11.2. The van der Waals surface area contributed by atoms with Crippen LogP contribution >= 0.6 is 11.3 Å². The van der Waals surface area contributed by atoms with Gasteiger partial charge >= 0.3 is 5.97 Å². The van der Waals surface area contributed by atoms with E-state index >= 15 is 0 Å². The van der Waals surface area contributed by atoms with Gasteiger partial charge in [0.2, 0.25) is 15.8 Å². The van der Waals surface area contributed by atoms with Crippen LogP contribution in [0.2, 0.25) is 0 Å².